The van der Waals surface area contributed by atoms with Gasteiger partial charge in [0, 0.05) is 5.69 Å². The van der Waals surface area contributed by atoms with Gasteiger partial charge in [-0.25, -0.2) is 4.39 Å². The molecule has 1 aromatic rings. The van der Waals surface area contributed by atoms with Crippen molar-refractivity contribution in [3.63, 3.8) is 0 Å². The first-order chi connectivity index (χ1) is 9.31. The third kappa shape index (κ3) is 4.81. The molecule has 0 bridgehead atoms. The number of hydrogen-bond acceptors (Lipinski definition) is 3. The summed E-state index contributed by atoms with van der Waals surface area (Å²) in [5.74, 6) is -0.00280. The third-order valence-electron chi connectivity index (χ3n) is 3.36. The van der Waals surface area contributed by atoms with E-state index in [0.717, 1.165) is 13.0 Å². The summed E-state index contributed by atoms with van der Waals surface area (Å²) in [7, 11) is 1.92. The van der Waals surface area contributed by atoms with Crippen molar-refractivity contribution in [2.45, 2.75) is 33.2 Å². The largest absolute Gasteiger partial charge is 0.396 e. The minimum Gasteiger partial charge on any atom is -0.396 e. The smallest absolute Gasteiger partial charge is 0.241 e. The standard InChI is InChI=1S/C15H24FN3O/c1-10(2)7-8-19(4)11(3)15(20)18-12-5-6-13(16)14(17)9-12/h5-6,9-11H,7-8,17H2,1-4H3,(H,18,20). The maximum Gasteiger partial charge on any atom is 0.241 e. The number of nitrogens with one attached hydrogen (secondary N) is 1. The van der Waals surface area contributed by atoms with Crippen LogP contribution < -0.4 is 11.1 Å². The van der Waals surface area contributed by atoms with E-state index in [1.54, 1.807) is 0 Å². The number of likely N-dealkylation sites (N-methyl/N-ethyl adjacent to an activating group) is 1. The molecule has 0 saturated heterocycles. The predicted molar refractivity (Wildman–Crippen MR) is 81.0 cm³/mol. The highest BCUT2D eigenvalue weighted by atomic mass is 19.1. The third-order valence-corrected chi connectivity index (χ3v) is 3.36. The Kier molecular flexibility index (Phi) is 5.95. The Morgan fingerprint density at radius 1 is 1.40 bits per heavy atom. The number of carbonyl (C=O) groups excluding carboxylic acids is 1. The molecule has 0 aliphatic heterocycles. The van der Waals surface area contributed by atoms with Gasteiger partial charge < -0.3 is 11.1 Å². The molecule has 0 heterocycles. The molecule has 1 unspecified atom stereocenters. The van der Waals surface area contributed by atoms with E-state index in [0.29, 0.717) is 11.6 Å². The SMILES string of the molecule is CC(C)CCN(C)C(C)C(=O)Nc1ccc(F)c(N)c1. The second kappa shape index (κ2) is 7.24. The van der Waals surface area contributed by atoms with Gasteiger partial charge in [0.25, 0.3) is 0 Å². The van der Waals surface area contributed by atoms with Crippen LogP contribution in [0.3, 0.4) is 0 Å². The van der Waals surface area contributed by atoms with Crippen LogP contribution in [-0.4, -0.2) is 30.4 Å². The number of hydrogen-bond donors (Lipinski definition) is 2. The molecular weight excluding hydrogens is 257 g/mol. The lowest BCUT2D eigenvalue weighted by Crippen LogP contribution is -2.40. The Hall–Kier alpha value is -1.62. The summed E-state index contributed by atoms with van der Waals surface area (Å²) in [5, 5.41) is 2.75. The quantitative estimate of drug-likeness (QED) is 0.788. The number of anilines is 2. The Bertz CT molecular complexity index is 462. The van der Waals surface area contributed by atoms with Gasteiger partial charge in [0.15, 0.2) is 0 Å². The van der Waals surface area contributed by atoms with Gasteiger partial charge in [0.2, 0.25) is 5.91 Å². The van der Waals surface area contributed by atoms with Crippen molar-refractivity contribution in [1.82, 2.24) is 4.90 Å². The van der Waals surface area contributed by atoms with E-state index >= 15 is 0 Å². The van der Waals surface area contributed by atoms with Crippen molar-refractivity contribution in [2.75, 3.05) is 24.6 Å². The molecule has 0 saturated carbocycles. The van der Waals surface area contributed by atoms with Gasteiger partial charge >= 0.3 is 0 Å². The molecule has 0 aliphatic rings. The Balaban J connectivity index is 2.58. The van der Waals surface area contributed by atoms with Crippen LogP contribution in [0.4, 0.5) is 15.8 Å². The number of nitrogens with two attached hydrogens (primary N) is 1. The Labute approximate surface area is 120 Å². The van der Waals surface area contributed by atoms with E-state index < -0.39 is 5.82 Å². The van der Waals surface area contributed by atoms with Crippen molar-refractivity contribution in [2.24, 2.45) is 5.92 Å². The topological polar surface area (TPSA) is 58.4 Å². The van der Waals surface area contributed by atoms with Crippen LogP contribution in [0.5, 0.6) is 0 Å². The molecule has 0 fully saturated rings. The highest BCUT2D eigenvalue weighted by Gasteiger charge is 2.18. The molecule has 3 N–H and O–H groups in total. The second-order valence-electron chi connectivity index (χ2n) is 5.56. The van der Waals surface area contributed by atoms with Crippen molar-refractivity contribution in [1.29, 1.82) is 0 Å². The number of rotatable bonds is 6. The highest BCUT2D eigenvalue weighted by Crippen LogP contribution is 2.17. The number of benzene rings is 1. The molecule has 112 valence electrons. The minimum absolute atomic E-state index is 0.0311. The van der Waals surface area contributed by atoms with Crippen molar-refractivity contribution < 1.29 is 9.18 Å². The minimum atomic E-state index is -0.481. The fourth-order valence-corrected chi connectivity index (χ4v) is 1.72. The van der Waals surface area contributed by atoms with Crippen LogP contribution in [-0.2, 0) is 4.79 Å². The van der Waals surface area contributed by atoms with E-state index in [4.69, 9.17) is 5.73 Å². The molecule has 4 nitrogen and oxygen atoms in total. The lowest BCUT2D eigenvalue weighted by Gasteiger charge is -2.24. The van der Waals surface area contributed by atoms with E-state index in [9.17, 15) is 9.18 Å². The Morgan fingerprint density at radius 2 is 2.05 bits per heavy atom. The monoisotopic (exact) mass is 281 g/mol. The zero-order valence-electron chi connectivity index (χ0n) is 12.6. The molecule has 1 aromatic carbocycles. The molecule has 0 aromatic heterocycles. The summed E-state index contributed by atoms with van der Waals surface area (Å²) < 4.78 is 13.1. The number of carbonyl (C=O) groups is 1. The number of nitrogen functional groups attached to an aromatic ring is 1. The highest BCUT2D eigenvalue weighted by molar-refractivity contribution is 5.94. The van der Waals surface area contributed by atoms with Gasteiger partial charge in [-0.05, 0) is 51.1 Å². The lowest BCUT2D eigenvalue weighted by molar-refractivity contribution is -0.120. The van der Waals surface area contributed by atoms with Crippen LogP contribution in [0.2, 0.25) is 0 Å². The van der Waals surface area contributed by atoms with Gasteiger partial charge in [-0.15, -0.1) is 0 Å². The van der Waals surface area contributed by atoms with Crippen molar-refractivity contribution in [3.8, 4) is 0 Å². The molecule has 1 rings (SSSR count). The first-order valence-electron chi connectivity index (χ1n) is 6.87. The normalized spacial score (nSPS) is 12.8. The summed E-state index contributed by atoms with van der Waals surface area (Å²) in [6, 6.07) is 3.93. The fraction of sp³-hybridized carbons (Fsp3) is 0.533. The van der Waals surface area contributed by atoms with E-state index in [1.165, 1.54) is 18.2 Å². The second-order valence-corrected chi connectivity index (χ2v) is 5.56. The van der Waals surface area contributed by atoms with E-state index in [-0.39, 0.29) is 17.6 Å². The van der Waals surface area contributed by atoms with E-state index in [1.807, 2.05) is 18.9 Å². The van der Waals surface area contributed by atoms with Crippen LogP contribution in [0.25, 0.3) is 0 Å². The molecule has 1 amide bonds. The van der Waals surface area contributed by atoms with Crippen LogP contribution in [0.15, 0.2) is 18.2 Å². The first-order valence-corrected chi connectivity index (χ1v) is 6.87. The summed E-state index contributed by atoms with van der Waals surface area (Å²) >= 11 is 0. The van der Waals surface area contributed by atoms with Gasteiger partial charge in [-0.1, -0.05) is 13.8 Å². The molecule has 0 radical (unpaired) electrons. The molecule has 20 heavy (non-hydrogen) atoms. The first kappa shape index (κ1) is 16.4. The Morgan fingerprint density at radius 3 is 2.60 bits per heavy atom. The summed E-state index contributed by atoms with van der Waals surface area (Å²) in [6.45, 7) is 7.01. The zero-order valence-corrected chi connectivity index (χ0v) is 12.6. The molecule has 0 aliphatic carbocycles. The maximum absolute atomic E-state index is 13.1. The van der Waals surface area contributed by atoms with Crippen molar-refractivity contribution in [3.05, 3.63) is 24.0 Å². The van der Waals surface area contributed by atoms with Gasteiger partial charge in [0.1, 0.15) is 5.82 Å². The fourth-order valence-electron chi connectivity index (χ4n) is 1.72. The average Bonchev–Trinajstić information content (AvgIpc) is 2.39. The van der Waals surface area contributed by atoms with E-state index in [2.05, 4.69) is 19.2 Å². The van der Waals surface area contributed by atoms with Crippen LogP contribution in [0.1, 0.15) is 27.2 Å². The average molecular weight is 281 g/mol. The number of nitrogens with zero attached hydrogens (tertiary/aromatic N) is 1. The molecule has 0 spiro atoms. The van der Waals surface area contributed by atoms with Gasteiger partial charge in [-0.2, -0.15) is 0 Å². The predicted octanol–water partition coefficient (Wildman–Crippen LogP) is 2.71. The summed E-state index contributed by atoms with van der Waals surface area (Å²) in [4.78, 5) is 14.1. The van der Waals surface area contributed by atoms with Gasteiger partial charge in [0.05, 0.1) is 11.7 Å². The number of amides is 1. The van der Waals surface area contributed by atoms with Crippen LogP contribution in [0, 0.1) is 11.7 Å². The lowest BCUT2D eigenvalue weighted by atomic mass is 10.1. The van der Waals surface area contributed by atoms with Crippen molar-refractivity contribution >= 4 is 17.3 Å². The van der Waals surface area contributed by atoms with Crippen LogP contribution >= 0.6 is 0 Å². The molecule has 1 atom stereocenters. The zero-order chi connectivity index (χ0) is 15.3. The summed E-state index contributed by atoms with van der Waals surface area (Å²) in [6.07, 6.45) is 1.04. The summed E-state index contributed by atoms with van der Waals surface area (Å²) in [5.41, 5.74) is 6.02. The molecular formula is C15H24FN3O. The molecule has 5 heteroatoms. The number of halogens is 1. The maximum atomic E-state index is 13.1. The van der Waals surface area contributed by atoms with Gasteiger partial charge in [-0.3, -0.25) is 9.69 Å².